The predicted molar refractivity (Wildman–Crippen MR) is 89.3 cm³/mol. The Hall–Kier alpha value is -2.49. The molecule has 1 aromatic heterocycles. The molecule has 4 N–H and O–H groups in total. The van der Waals surface area contributed by atoms with Gasteiger partial charge in [-0.15, -0.1) is 11.3 Å². The highest BCUT2D eigenvalue weighted by atomic mass is 32.1. The van der Waals surface area contributed by atoms with E-state index >= 15 is 0 Å². The van der Waals surface area contributed by atoms with Crippen molar-refractivity contribution in [3.63, 3.8) is 0 Å². The van der Waals surface area contributed by atoms with Gasteiger partial charge >= 0.3 is 12.1 Å². The van der Waals surface area contributed by atoms with E-state index in [1.54, 1.807) is 0 Å². The average Bonchev–Trinajstić information content (AvgIpc) is 3.10. The maximum absolute atomic E-state index is 11.6. The third-order valence-corrected chi connectivity index (χ3v) is 4.20. The van der Waals surface area contributed by atoms with Crippen LogP contribution in [0.4, 0.5) is 4.79 Å². The van der Waals surface area contributed by atoms with E-state index in [4.69, 9.17) is 9.84 Å². The first kappa shape index (κ1) is 18.8. The fourth-order valence-electron chi connectivity index (χ4n) is 1.94. The van der Waals surface area contributed by atoms with Crippen LogP contribution in [0.15, 0.2) is 35.7 Å². The quantitative estimate of drug-likeness (QED) is 0.558. The van der Waals surface area contributed by atoms with Crippen LogP contribution in [0.2, 0.25) is 0 Å². The van der Waals surface area contributed by atoms with Crippen molar-refractivity contribution in [2.24, 2.45) is 0 Å². The molecule has 0 bridgehead atoms. The van der Waals surface area contributed by atoms with Crippen LogP contribution in [-0.4, -0.2) is 45.0 Å². The van der Waals surface area contributed by atoms with E-state index < -0.39 is 24.3 Å². The van der Waals surface area contributed by atoms with Crippen LogP contribution in [0, 0.1) is 0 Å². The van der Waals surface area contributed by atoms with Crippen molar-refractivity contribution >= 4 is 23.4 Å². The van der Waals surface area contributed by atoms with Crippen LogP contribution in [0.3, 0.4) is 0 Å². The summed E-state index contributed by atoms with van der Waals surface area (Å²) in [6, 6.07) is 9.18. The number of carboxylic acid groups (broad SMARTS) is 1. The molecule has 1 aromatic carbocycles. The second-order valence-electron chi connectivity index (χ2n) is 5.17. The Morgan fingerprint density at radius 1 is 1.24 bits per heavy atom. The molecule has 1 heterocycles. The van der Waals surface area contributed by atoms with Gasteiger partial charge in [-0.1, -0.05) is 30.3 Å². The molecule has 0 aliphatic heterocycles. The van der Waals surface area contributed by atoms with Gasteiger partial charge in [-0.05, 0) is 12.0 Å². The van der Waals surface area contributed by atoms with E-state index in [0.717, 1.165) is 16.9 Å². The van der Waals surface area contributed by atoms with Crippen molar-refractivity contribution < 1.29 is 29.6 Å². The Balaban J connectivity index is 1.70. The van der Waals surface area contributed by atoms with Gasteiger partial charge in [-0.2, -0.15) is 0 Å². The van der Waals surface area contributed by atoms with Crippen LogP contribution in [-0.2, 0) is 11.3 Å². The molecule has 2 atom stereocenters. The number of aromatic nitrogens is 1. The number of hydrogen-bond donors (Lipinski definition) is 4. The van der Waals surface area contributed by atoms with Crippen LogP contribution >= 0.6 is 11.3 Å². The Kier molecular flexibility index (Phi) is 6.87. The molecule has 0 spiro atoms. The normalized spacial score (nSPS) is 13.0. The Labute approximate surface area is 147 Å². The summed E-state index contributed by atoms with van der Waals surface area (Å²) in [5.74, 6) is -1.20. The van der Waals surface area contributed by atoms with E-state index in [0.29, 0.717) is 0 Å². The number of alkyl carbamates (subject to hydrolysis) is 1. The van der Waals surface area contributed by atoms with E-state index in [1.807, 2.05) is 30.3 Å². The first-order valence-corrected chi connectivity index (χ1v) is 8.34. The maximum Gasteiger partial charge on any atom is 0.407 e. The zero-order valence-corrected chi connectivity index (χ0v) is 14.0. The minimum Gasteiger partial charge on any atom is -0.476 e. The second kappa shape index (κ2) is 9.11. The second-order valence-corrected chi connectivity index (χ2v) is 6.06. The molecule has 2 aromatic rings. The standard InChI is InChI=1S/C16H18N2O6S/c19-12(13(20)14-18-11(9-25-14)15(21)22)6-7-17-16(23)24-8-10-4-2-1-3-5-10/h1-5,9,12-13,19-20H,6-8H2,(H,17,23)(H,21,22). The number of nitrogens with zero attached hydrogens (tertiary/aromatic N) is 1. The molecule has 0 saturated carbocycles. The van der Waals surface area contributed by atoms with Gasteiger partial charge in [0.05, 0.1) is 6.10 Å². The van der Waals surface area contributed by atoms with Crippen LogP contribution in [0.25, 0.3) is 0 Å². The molecule has 25 heavy (non-hydrogen) atoms. The minimum atomic E-state index is -1.32. The highest BCUT2D eigenvalue weighted by molar-refractivity contribution is 7.09. The lowest BCUT2D eigenvalue weighted by Gasteiger charge is -2.15. The predicted octanol–water partition coefficient (Wildman–Crippen LogP) is 1.55. The summed E-state index contributed by atoms with van der Waals surface area (Å²) in [6.45, 7) is 0.220. The zero-order valence-electron chi connectivity index (χ0n) is 13.2. The summed E-state index contributed by atoms with van der Waals surface area (Å²) in [5.41, 5.74) is 0.667. The molecular weight excluding hydrogens is 348 g/mol. The van der Waals surface area contributed by atoms with Gasteiger partial charge in [0.15, 0.2) is 5.69 Å². The molecule has 0 radical (unpaired) electrons. The number of carbonyl (C=O) groups excluding carboxylic acids is 1. The van der Waals surface area contributed by atoms with Gasteiger partial charge in [-0.25, -0.2) is 14.6 Å². The van der Waals surface area contributed by atoms with Gasteiger partial charge in [-0.3, -0.25) is 0 Å². The number of carbonyl (C=O) groups is 2. The summed E-state index contributed by atoms with van der Waals surface area (Å²) in [4.78, 5) is 26.1. The van der Waals surface area contributed by atoms with Crippen LogP contribution in [0.1, 0.15) is 33.6 Å². The fourth-order valence-corrected chi connectivity index (χ4v) is 2.77. The van der Waals surface area contributed by atoms with Crippen molar-refractivity contribution in [1.29, 1.82) is 0 Å². The molecule has 134 valence electrons. The lowest BCUT2D eigenvalue weighted by Crippen LogP contribution is -2.29. The Morgan fingerprint density at radius 2 is 1.96 bits per heavy atom. The molecule has 8 nitrogen and oxygen atoms in total. The number of amides is 1. The summed E-state index contributed by atoms with van der Waals surface area (Å²) in [7, 11) is 0. The average molecular weight is 366 g/mol. The van der Waals surface area contributed by atoms with Gasteiger partial charge in [0.25, 0.3) is 0 Å². The molecule has 0 fully saturated rings. The van der Waals surface area contributed by atoms with Crippen molar-refractivity contribution in [1.82, 2.24) is 10.3 Å². The van der Waals surface area contributed by atoms with Gasteiger partial charge in [0, 0.05) is 11.9 Å². The molecule has 2 rings (SSSR count). The number of carboxylic acids is 1. The number of aliphatic hydroxyl groups excluding tert-OH is 2. The van der Waals surface area contributed by atoms with Crippen molar-refractivity contribution in [3.8, 4) is 0 Å². The lowest BCUT2D eigenvalue weighted by atomic mass is 10.1. The van der Waals surface area contributed by atoms with E-state index in [1.165, 1.54) is 5.38 Å². The highest BCUT2D eigenvalue weighted by Gasteiger charge is 2.23. The topological polar surface area (TPSA) is 129 Å². The van der Waals surface area contributed by atoms with Crippen LogP contribution < -0.4 is 5.32 Å². The van der Waals surface area contributed by atoms with Crippen molar-refractivity contribution in [2.45, 2.75) is 25.2 Å². The Bertz CT molecular complexity index is 706. The van der Waals surface area contributed by atoms with Crippen LogP contribution in [0.5, 0.6) is 0 Å². The molecular formula is C16H18N2O6S. The molecule has 0 aliphatic carbocycles. The van der Waals surface area contributed by atoms with Gasteiger partial charge < -0.3 is 25.4 Å². The molecule has 9 heteroatoms. The van der Waals surface area contributed by atoms with E-state index in [-0.39, 0.29) is 30.3 Å². The SMILES string of the molecule is O=C(NCCC(O)C(O)c1nc(C(=O)O)cs1)OCc1ccccc1. The summed E-state index contributed by atoms with van der Waals surface area (Å²) in [5, 5.41) is 32.5. The van der Waals surface area contributed by atoms with E-state index in [9.17, 15) is 19.8 Å². The lowest BCUT2D eigenvalue weighted by molar-refractivity contribution is 0.0133. The number of hydrogen-bond acceptors (Lipinski definition) is 7. The Morgan fingerprint density at radius 3 is 2.60 bits per heavy atom. The number of aliphatic hydroxyl groups is 2. The van der Waals surface area contributed by atoms with Gasteiger partial charge in [0.1, 0.15) is 17.7 Å². The summed E-state index contributed by atoms with van der Waals surface area (Å²) < 4.78 is 5.01. The molecule has 0 saturated heterocycles. The number of aromatic carboxylic acids is 1. The molecule has 1 amide bonds. The van der Waals surface area contributed by atoms with Gasteiger partial charge in [0.2, 0.25) is 0 Å². The first-order chi connectivity index (χ1) is 12.0. The number of benzene rings is 1. The number of thiazole rings is 1. The van der Waals surface area contributed by atoms with Crippen molar-refractivity contribution in [3.05, 3.63) is 52.0 Å². The first-order valence-electron chi connectivity index (χ1n) is 7.46. The van der Waals surface area contributed by atoms with Crippen molar-refractivity contribution in [2.75, 3.05) is 6.54 Å². The monoisotopic (exact) mass is 366 g/mol. The zero-order chi connectivity index (χ0) is 18.2. The minimum absolute atomic E-state index is 0.0591. The molecule has 0 aliphatic rings. The number of ether oxygens (including phenoxy) is 1. The third kappa shape index (κ3) is 5.82. The number of nitrogens with one attached hydrogen (secondary N) is 1. The highest BCUT2D eigenvalue weighted by Crippen LogP contribution is 2.22. The van der Waals surface area contributed by atoms with E-state index in [2.05, 4.69) is 10.3 Å². The largest absolute Gasteiger partial charge is 0.476 e. The third-order valence-electron chi connectivity index (χ3n) is 3.28. The smallest absolute Gasteiger partial charge is 0.407 e. The summed E-state index contributed by atoms with van der Waals surface area (Å²) in [6.07, 6.45) is -3.08. The number of rotatable bonds is 8. The molecule has 2 unspecified atom stereocenters. The maximum atomic E-state index is 11.6. The fraction of sp³-hybridized carbons (Fsp3) is 0.312. The summed E-state index contributed by atoms with van der Waals surface area (Å²) >= 11 is 0.946.